The summed E-state index contributed by atoms with van der Waals surface area (Å²) in [5.41, 5.74) is 0.805. The molecule has 1 aromatic carbocycles. The summed E-state index contributed by atoms with van der Waals surface area (Å²) in [5.74, 6) is 0.392. The zero-order valence-corrected chi connectivity index (χ0v) is 12.3. The molecule has 2 rings (SSSR count). The van der Waals surface area contributed by atoms with Crippen molar-refractivity contribution in [3.05, 3.63) is 34.6 Å². The number of nitrogens with one attached hydrogen (secondary N) is 1. The summed E-state index contributed by atoms with van der Waals surface area (Å²) in [6.45, 7) is 3.24. The summed E-state index contributed by atoms with van der Waals surface area (Å²) in [4.78, 5) is 0. The van der Waals surface area contributed by atoms with E-state index in [0.717, 1.165) is 24.9 Å². The lowest BCUT2D eigenvalue weighted by atomic mass is 9.80. The minimum atomic E-state index is -0.160. The van der Waals surface area contributed by atoms with Crippen molar-refractivity contribution in [1.82, 2.24) is 5.32 Å². The van der Waals surface area contributed by atoms with Crippen LogP contribution in [0.3, 0.4) is 0 Å². The quantitative estimate of drug-likeness (QED) is 0.834. The Morgan fingerprint density at radius 1 is 1.32 bits per heavy atom. The van der Waals surface area contributed by atoms with Crippen LogP contribution in [0.4, 0.5) is 4.39 Å². The van der Waals surface area contributed by atoms with E-state index < -0.39 is 0 Å². The SMILES string of the molecule is CCCNC1CCCCC1Cc1ccc(Cl)cc1F. The van der Waals surface area contributed by atoms with Crippen molar-refractivity contribution >= 4 is 11.6 Å². The lowest BCUT2D eigenvalue weighted by Gasteiger charge is -2.32. The molecule has 1 saturated carbocycles. The minimum absolute atomic E-state index is 0.160. The molecule has 1 aliphatic rings. The summed E-state index contributed by atoms with van der Waals surface area (Å²) < 4.78 is 13.9. The predicted molar refractivity (Wildman–Crippen MR) is 79.2 cm³/mol. The molecule has 2 unspecified atom stereocenters. The highest BCUT2D eigenvalue weighted by atomic mass is 35.5. The normalized spacial score (nSPS) is 23.5. The van der Waals surface area contributed by atoms with E-state index in [2.05, 4.69) is 12.2 Å². The first-order valence-corrected chi connectivity index (χ1v) is 7.75. The van der Waals surface area contributed by atoms with Crippen molar-refractivity contribution in [2.24, 2.45) is 5.92 Å². The largest absolute Gasteiger partial charge is 0.314 e. The van der Waals surface area contributed by atoms with Crippen molar-refractivity contribution in [3.8, 4) is 0 Å². The van der Waals surface area contributed by atoms with Gasteiger partial charge in [-0.2, -0.15) is 0 Å². The van der Waals surface area contributed by atoms with Gasteiger partial charge in [0.15, 0.2) is 0 Å². The molecule has 0 radical (unpaired) electrons. The molecule has 0 aliphatic heterocycles. The smallest absolute Gasteiger partial charge is 0.127 e. The maximum absolute atomic E-state index is 13.9. The van der Waals surface area contributed by atoms with E-state index >= 15 is 0 Å². The highest BCUT2D eigenvalue weighted by molar-refractivity contribution is 6.30. The standard InChI is InChI=1S/C16H23ClFN/c1-2-9-19-16-6-4-3-5-13(16)10-12-7-8-14(17)11-15(12)18/h7-8,11,13,16,19H,2-6,9-10H2,1H3. The minimum Gasteiger partial charge on any atom is -0.314 e. The van der Waals surface area contributed by atoms with Crippen LogP contribution < -0.4 is 5.32 Å². The number of hydrogen-bond acceptors (Lipinski definition) is 1. The van der Waals surface area contributed by atoms with Crippen molar-refractivity contribution < 1.29 is 4.39 Å². The summed E-state index contributed by atoms with van der Waals surface area (Å²) >= 11 is 5.80. The molecule has 19 heavy (non-hydrogen) atoms. The molecule has 2 atom stereocenters. The summed E-state index contributed by atoms with van der Waals surface area (Å²) in [6, 6.07) is 5.60. The van der Waals surface area contributed by atoms with E-state index in [1.165, 1.54) is 31.7 Å². The monoisotopic (exact) mass is 283 g/mol. The summed E-state index contributed by atoms with van der Waals surface area (Å²) in [6.07, 6.45) is 6.96. The van der Waals surface area contributed by atoms with Gasteiger partial charge in [-0.1, -0.05) is 37.4 Å². The lowest BCUT2D eigenvalue weighted by molar-refractivity contribution is 0.259. The van der Waals surface area contributed by atoms with E-state index in [4.69, 9.17) is 11.6 Å². The fourth-order valence-corrected chi connectivity index (χ4v) is 3.18. The first-order valence-electron chi connectivity index (χ1n) is 7.38. The first-order chi connectivity index (χ1) is 9.20. The maximum Gasteiger partial charge on any atom is 0.127 e. The molecule has 1 nitrogen and oxygen atoms in total. The average molecular weight is 284 g/mol. The van der Waals surface area contributed by atoms with Crippen molar-refractivity contribution in [3.63, 3.8) is 0 Å². The number of hydrogen-bond donors (Lipinski definition) is 1. The van der Waals surface area contributed by atoms with Crippen molar-refractivity contribution in [1.29, 1.82) is 0 Å². The number of halogens is 2. The molecular formula is C16H23ClFN. The van der Waals surface area contributed by atoms with Crippen molar-refractivity contribution in [2.75, 3.05) is 6.54 Å². The van der Waals surface area contributed by atoms with Gasteiger partial charge in [0.25, 0.3) is 0 Å². The molecule has 0 heterocycles. The van der Waals surface area contributed by atoms with E-state index in [1.54, 1.807) is 6.07 Å². The van der Waals surface area contributed by atoms with Gasteiger partial charge in [-0.25, -0.2) is 4.39 Å². The fourth-order valence-electron chi connectivity index (χ4n) is 3.02. The molecule has 1 aromatic rings. The van der Waals surface area contributed by atoms with E-state index in [1.807, 2.05) is 6.07 Å². The fraction of sp³-hybridized carbons (Fsp3) is 0.625. The van der Waals surface area contributed by atoms with Crippen LogP contribution in [0.15, 0.2) is 18.2 Å². The Morgan fingerprint density at radius 3 is 2.84 bits per heavy atom. The van der Waals surface area contributed by atoms with Crippen LogP contribution in [0.5, 0.6) is 0 Å². The Hall–Kier alpha value is -0.600. The van der Waals surface area contributed by atoms with Crippen LogP contribution in [-0.4, -0.2) is 12.6 Å². The van der Waals surface area contributed by atoms with Crippen LogP contribution in [-0.2, 0) is 6.42 Å². The first kappa shape index (κ1) is 14.8. The Balaban J connectivity index is 2.02. The third-order valence-electron chi connectivity index (χ3n) is 4.06. The molecule has 1 N–H and O–H groups in total. The van der Waals surface area contributed by atoms with E-state index in [9.17, 15) is 4.39 Å². The van der Waals surface area contributed by atoms with Crippen LogP contribution in [0.2, 0.25) is 5.02 Å². The molecule has 0 amide bonds. The second-order valence-electron chi connectivity index (χ2n) is 5.55. The lowest BCUT2D eigenvalue weighted by Crippen LogP contribution is -2.40. The van der Waals surface area contributed by atoms with Gasteiger partial charge in [0.05, 0.1) is 0 Å². The van der Waals surface area contributed by atoms with Gasteiger partial charge in [0, 0.05) is 11.1 Å². The molecule has 0 bridgehead atoms. The second-order valence-corrected chi connectivity index (χ2v) is 5.98. The van der Waals surface area contributed by atoms with Crippen LogP contribution >= 0.6 is 11.6 Å². The maximum atomic E-state index is 13.9. The summed E-state index contributed by atoms with van der Waals surface area (Å²) in [5, 5.41) is 4.10. The van der Waals surface area contributed by atoms with Crippen LogP contribution in [0.1, 0.15) is 44.6 Å². The third-order valence-corrected chi connectivity index (χ3v) is 4.30. The molecule has 0 aromatic heterocycles. The van der Waals surface area contributed by atoms with Gasteiger partial charge in [-0.05, 0) is 55.8 Å². The summed E-state index contributed by atoms with van der Waals surface area (Å²) in [7, 11) is 0. The third kappa shape index (κ3) is 4.19. The average Bonchev–Trinajstić information content (AvgIpc) is 2.41. The Morgan fingerprint density at radius 2 is 2.11 bits per heavy atom. The Labute approximate surface area is 120 Å². The van der Waals surface area contributed by atoms with Gasteiger partial charge in [-0.3, -0.25) is 0 Å². The van der Waals surface area contributed by atoms with E-state index in [0.29, 0.717) is 17.0 Å². The van der Waals surface area contributed by atoms with Gasteiger partial charge < -0.3 is 5.32 Å². The van der Waals surface area contributed by atoms with Gasteiger partial charge in [-0.15, -0.1) is 0 Å². The highest BCUT2D eigenvalue weighted by Gasteiger charge is 2.25. The number of benzene rings is 1. The highest BCUT2D eigenvalue weighted by Crippen LogP contribution is 2.29. The molecule has 3 heteroatoms. The molecule has 0 saturated heterocycles. The van der Waals surface area contributed by atoms with Crippen molar-refractivity contribution in [2.45, 2.75) is 51.5 Å². The Bertz CT molecular complexity index is 408. The molecule has 1 fully saturated rings. The predicted octanol–water partition coefficient (Wildman–Crippen LogP) is 4.58. The van der Waals surface area contributed by atoms with E-state index in [-0.39, 0.29) is 5.82 Å². The zero-order chi connectivity index (χ0) is 13.7. The number of rotatable bonds is 5. The Kier molecular flexibility index (Phi) is 5.65. The zero-order valence-electron chi connectivity index (χ0n) is 11.6. The van der Waals surface area contributed by atoms with Crippen LogP contribution in [0.25, 0.3) is 0 Å². The topological polar surface area (TPSA) is 12.0 Å². The molecular weight excluding hydrogens is 261 g/mol. The van der Waals surface area contributed by atoms with Crippen LogP contribution in [0, 0.1) is 11.7 Å². The van der Waals surface area contributed by atoms with Gasteiger partial charge in [0.1, 0.15) is 5.82 Å². The molecule has 106 valence electrons. The van der Waals surface area contributed by atoms with Gasteiger partial charge in [0.2, 0.25) is 0 Å². The molecule has 1 aliphatic carbocycles. The molecule has 0 spiro atoms. The van der Waals surface area contributed by atoms with Gasteiger partial charge >= 0.3 is 0 Å². The second kappa shape index (κ2) is 7.25.